The molecule has 4 aromatic rings. The molecule has 0 amide bonds. The standard InChI is InChI=1S/C23H26N4O4S/c1-14-24-23-27(25-14)22(28)21(32-23)19(26(2)13-15-9-7-6-8-10-15)17-11-16(29-3)12-18(30-4)20(17)31-5/h6-12,19,28H,13H2,1-5H3/t19-/m1/s1. The van der Waals surface area contributed by atoms with E-state index in [0.717, 1.165) is 11.1 Å². The molecule has 0 aliphatic carbocycles. The predicted molar refractivity (Wildman–Crippen MR) is 123 cm³/mol. The summed E-state index contributed by atoms with van der Waals surface area (Å²) in [6, 6.07) is 13.5. The highest BCUT2D eigenvalue weighted by Gasteiger charge is 2.32. The molecule has 0 unspecified atom stereocenters. The van der Waals surface area contributed by atoms with E-state index < -0.39 is 0 Å². The van der Waals surface area contributed by atoms with Crippen molar-refractivity contribution in [2.45, 2.75) is 19.5 Å². The van der Waals surface area contributed by atoms with Crippen LogP contribution >= 0.6 is 11.3 Å². The molecule has 0 aliphatic heterocycles. The molecule has 0 spiro atoms. The molecule has 8 nitrogen and oxygen atoms in total. The first kappa shape index (κ1) is 21.9. The molecular formula is C23H26N4O4S. The fourth-order valence-corrected chi connectivity index (χ4v) is 5.04. The van der Waals surface area contributed by atoms with E-state index in [1.165, 1.54) is 15.9 Å². The van der Waals surface area contributed by atoms with Gasteiger partial charge >= 0.3 is 0 Å². The Morgan fingerprint density at radius 2 is 1.84 bits per heavy atom. The van der Waals surface area contributed by atoms with Gasteiger partial charge in [0.15, 0.2) is 11.5 Å². The topological polar surface area (TPSA) is 81.3 Å². The zero-order chi connectivity index (χ0) is 22.8. The first-order chi connectivity index (χ1) is 15.5. The Morgan fingerprint density at radius 3 is 2.47 bits per heavy atom. The molecule has 0 aliphatic rings. The van der Waals surface area contributed by atoms with E-state index in [-0.39, 0.29) is 11.9 Å². The Bertz CT molecular complexity index is 1220. The van der Waals surface area contributed by atoms with Gasteiger partial charge in [-0.05, 0) is 25.6 Å². The lowest BCUT2D eigenvalue weighted by atomic mass is 10.0. The SMILES string of the molecule is COc1cc(OC)c(OC)c([C@H](c2sc3nc(C)nn3c2O)N(C)Cc2ccccc2)c1. The number of fused-ring (bicyclic) bond motifs is 1. The Balaban J connectivity index is 1.91. The van der Waals surface area contributed by atoms with Gasteiger partial charge in [-0.15, -0.1) is 5.10 Å². The maximum Gasteiger partial charge on any atom is 0.230 e. The molecule has 0 fully saturated rings. The number of rotatable bonds is 8. The summed E-state index contributed by atoms with van der Waals surface area (Å²) in [5.74, 6) is 2.42. The molecule has 0 saturated carbocycles. The molecule has 2 aromatic carbocycles. The van der Waals surface area contributed by atoms with Gasteiger partial charge in [-0.2, -0.15) is 4.52 Å². The number of methoxy groups -OCH3 is 3. The van der Waals surface area contributed by atoms with E-state index in [4.69, 9.17) is 14.2 Å². The van der Waals surface area contributed by atoms with Crippen LogP contribution in [-0.2, 0) is 6.54 Å². The summed E-state index contributed by atoms with van der Waals surface area (Å²) in [5.41, 5.74) is 1.95. The highest BCUT2D eigenvalue weighted by Crippen LogP contribution is 2.47. The third-order valence-corrected chi connectivity index (χ3v) is 6.35. The van der Waals surface area contributed by atoms with Gasteiger partial charge in [-0.1, -0.05) is 41.7 Å². The van der Waals surface area contributed by atoms with Crippen LogP contribution in [0.2, 0.25) is 0 Å². The van der Waals surface area contributed by atoms with Crippen molar-refractivity contribution in [1.29, 1.82) is 0 Å². The molecular weight excluding hydrogens is 428 g/mol. The molecule has 0 bridgehead atoms. The third-order valence-electron chi connectivity index (χ3n) is 5.28. The first-order valence-corrected chi connectivity index (χ1v) is 10.9. The van der Waals surface area contributed by atoms with Crippen LogP contribution in [0.3, 0.4) is 0 Å². The van der Waals surface area contributed by atoms with E-state index >= 15 is 0 Å². The number of aromatic hydroxyl groups is 1. The van der Waals surface area contributed by atoms with Gasteiger partial charge < -0.3 is 19.3 Å². The summed E-state index contributed by atoms with van der Waals surface area (Å²) in [6.07, 6.45) is 0. The third kappa shape index (κ3) is 3.96. The van der Waals surface area contributed by atoms with E-state index in [2.05, 4.69) is 27.1 Å². The van der Waals surface area contributed by atoms with E-state index in [0.29, 0.717) is 39.5 Å². The number of benzene rings is 2. The van der Waals surface area contributed by atoms with Gasteiger partial charge in [0.25, 0.3) is 0 Å². The van der Waals surface area contributed by atoms with E-state index in [9.17, 15) is 5.11 Å². The predicted octanol–water partition coefficient (Wildman–Crippen LogP) is 4.05. The maximum atomic E-state index is 11.1. The minimum absolute atomic E-state index is 0.0550. The number of hydrogen-bond acceptors (Lipinski definition) is 8. The molecule has 2 aromatic heterocycles. The maximum absolute atomic E-state index is 11.1. The van der Waals surface area contributed by atoms with E-state index in [1.54, 1.807) is 34.3 Å². The fraction of sp³-hybridized carbons (Fsp3) is 0.304. The Labute approximate surface area is 190 Å². The van der Waals surface area contributed by atoms with Crippen LogP contribution in [0, 0.1) is 6.92 Å². The second-order valence-electron chi connectivity index (χ2n) is 7.40. The summed E-state index contributed by atoms with van der Waals surface area (Å²) in [4.78, 5) is 7.91. The second-order valence-corrected chi connectivity index (χ2v) is 8.41. The highest BCUT2D eigenvalue weighted by molar-refractivity contribution is 7.17. The normalized spacial score (nSPS) is 12.3. The Morgan fingerprint density at radius 1 is 1.09 bits per heavy atom. The molecule has 1 N–H and O–H groups in total. The van der Waals surface area contributed by atoms with Crippen molar-refractivity contribution < 1.29 is 19.3 Å². The van der Waals surface area contributed by atoms with Crippen LogP contribution in [-0.4, -0.2) is 53.0 Å². The average molecular weight is 455 g/mol. The molecule has 2 heterocycles. The van der Waals surface area contributed by atoms with Gasteiger partial charge in [-0.25, -0.2) is 4.98 Å². The molecule has 4 rings (SSSR count). The second kappa shape index (κ2) is 9.05. The number of aryl methyl sites for hydroxylation is 1. The van der Waals surface area contributed by atoms with Gasteiger partial charge in [0.2, 0.25) is 10.8 Å². The first-order valence-electron chi connectivity index (χ1n) is 10.1. The van der Waals surface area contributed by atoms with Crippen LogP contribution in [0.15, 0.2) is 42.5 Å². The van der Waals surface area contributed by atoms with Crippen molar-refractivity contribution >= 4 is 16.3 Å². The van der Waals surface area contributed by atoms with Gasteiger partial charge in [-0.3, -0.25) is 4.90 Å². The molecule has 168 valence electrons. The molecule has 1 atom stereocenters. The van der Waals surface area contributed by atoms with Gasteiger partial charge in [0.1, 0.15) is 11.6 Å². The summed E-state index contributed by atoms with van der Waals surface area (Å²) < 4.78 is 18.3. The molecule has 0 saturated heterocycles. The molecule has 9 heteroatoms. The zero-order valence-corrected chi connectivity index (χ0v) is 19.5. The minimum atomic E-state index is -0.372. The minimum Gasteiger partial charge on any atom is -0.497 e. The van der Waals surface area contributed by atoms with Crippen LogP contribution in [0.5, 0.6) is 23.1 Å². The summed E-state index contributed by atoms with van der Waals surface area (Å²) in [7, 11) is 6.81. The Kier molecular flexibility index (Phi) is 6.20. The Hall–Kier alpha value is -3.30. The van der Waals surface area contributed by atoms with Crippen LogP contribution < -0.4 is 14.2 Å². The van der Waals surface area contributed by atoms with Gasteiger partial charge in [0.05, 0.1) is 32.2 Å². The lowest BCUT2D eigenvalue weighted by Gasteiger charge is -2.29. The van der Waals surface area contributed by atoms with Crippen molar-refractivity contribution in [3.63, 3.8) is 0 Å². The van der Waals surface area contributed by atoms with Gasteiger partial charge in [0, 0.05) is 18.2 Å². The number of hydrogen-bond donors (Lipinski definition) is 1. The average Bonchev–Trinajstić information content (AvgIpc) is 3.30. The zero-order valence-electron chi connectivity index (χ0n) is 18.7. The quantitative estimate of drug-likeness (QED) is 0.430. The number of ether oxygens (including phenoxy) is 3. The lowest BCUT2D eigenvalue weighted by molar-refractivity contribution is 0.257. The lowest BCUT2D eigenvalue weighted by Crippen LogP contribution is -2.25. The van der Waals surface area contributed by atoms with E-state index in [1.807, 2.05) is 31.3 Å². The number of nitrogens with zero attached hydrogens (tertiary/aromatic N) is 4. The van der Waals surface area contributed by atoms with Crippen LogP contribution in [0.4, 0.5) is 0 Å². The smallest absolute Gasteiger partial charge is 0.230 e. The molecule has 0 radical (unpaired) electrons. The van der Waals surface area contributed by atoms with Crippen molar-refractivity contribution in [2.24, 2.45) is 0 Å². The van der Waals surface area contributed by atoms with Crippen molar-refractivity contribution in [2.75, 3.05) is 28.4 Å². The van der Waals surface area contributed by atoms with Crippen molar-refractivity contribution in [3.05, 3.63) is 64.3 Å². The molecule has 32 heavy (non-hydrogen) atoms. The fourth-order valence-electron chi connectivity index (χ4n) is 3.86. The summed E-state index contributed by atoms with van der Waals surface area (Å²) in [5, 5.41) is 15.4. The van der Waals surface area contributed by atoms with Crippen molar-refractivity contribution in [3.8, 4) is 23.1 Å². The highest BCUT2D eigenvalue weighted by atomic mass is 32.1. The monoisotopic (exact) mass is 454 g/mol. The van der Waals surface area contributed by atoms with Crippen LogP contribution in [0.1, 0.15) is 27.9 Å². The number of thiazole rings is 1. The summed E-state index contributed by atoms with van der Waals surface area (Å²) in [6.45, 7) is 2.44. The number of aromatic nitrogens is 3. The summed E-state index contributed by atoms with van der Waals surface area (Å²) >= 11 is 1.39. The van der Waals surface area contributed by atoms with Crippen molar-refractivity contribution in [1.82, 2.24) is 19.5 Å². The van der Waals surface area contributed by atoms with Crippen LogP contribution in [0.25, 0.3) is 4.96 Å². The largest absolute Gasteiger partial charge is 0.497 e.